The highest BCUT2D eigenvalue weighted by Crippen LogP contribution is 2.23. The van der Waals surface area contributed by atoms with Gasteiger partial charge in [-0.3, -0.25) is 4.79 Å². The number of thiazole rings is 1. The van der Waals surface area contributed by atoms with Crippen molar-refractivity contribution in [1.82, 2.24) is 44.6 Å². The summed E-state index contributed by atoms with van der Waals surface area (Å²) in [5.74, 6) is 1.36. The van der Waals surface area contributed by atoms with Gasteiger partial charge in [-0.25, -0.2) is 29.1 Å². The Hall–Kier alpha value is -3.41. The fourth-order valence-electron chi connectivity index (χ4n) is 2.91. The van der Waals surface area contributed by atoms with Gasteiger partial charge < -0.3 is 10.2 Å². The molecule has 27 heavy (non-hydrogen) atoms. The molecular formula is C15H14N10OS. The van der Waals surface area contributed by atoms with E-state index < -0.39 is 0 Å². The smallest absolute Gasteiger partial charge is 0.227 e. The lowest BCUT2D eigenvalue weighted by Crippen LogP contribution is -2.54. The summed E-state index contributed by atoms with van der Waals surface area (Å²) in [5.41, 5.74) is 0.922. The van der Waals surface area contributed by atoms with Crippen LogP contribution in [0.2, 0.25) is 0 Å². The number of hydrogen-bond donors (Lipinski definition) is 1. The van der Waals surface area contributed by atoms with E-state index in [0.717, 1.165) is 16.5 Å². The van der Waals surface area contributed by atoms with Crippen molar-refractivity contribution in [3.05, 3.63) is 42.4 Å². The lowest BCUT2D eigenvalue weighted by molar-refractivity contribution is -0.125. The van der Waals surface area contributed by atoms with Crippen molar-refractivity contribution in [1.29, 1.82) is 0 Å². The van der Waals surface area contributed by atoms with Crippen LogP contribution in [-0.2, 0) is 11.3 Å². The van der Waals surface area contributed by atoms with Crippen LogP contribution < -0.4 is 10.2 Å². The molecule has 1 saturated heterocycles. The monoisotopic (exact) mass is 382 g/mol. The summed E-state index contributed by atoms with van der Waals surface area (Å²) in [6.07, 6.45) is 6.03. The van der Waals surface area contributed by atoms with Crippen LogP contribution >= 0.6 is 11.3 Å². The summed E-state index contributed by atoms with van der Waals surface area (Å²) in [4.78, 5) is 31.8. The first-order valence-electron chi connectivity index (χ1n) is 8.24. The molecule has 0 bridgehead atoms. The summed E-state index contributed by atoms with van der Waals surface area (Å²) < 4.78 is 3.31. The van der Waals surface area contributed by atoms with E-state index in [1.165, 1.54) is 30.3 Å². The van der Waals surface area contributed by atoms with Gasteiger partial charge in [0.25, 0.3) is 0 Å². The SMILES string of the molecule is O=C(NCc1csc2ncnn12)C1CN(c2cc(-n3cncn3)ncn2)C1. The Morgan fingerprint density at radius 2 is 2.04 bits per heavy atom. The van der Waals surface area contributed by atoms with Gasteiger partial charge in [0.05, 0.1) is 18.2 Å². The van der Waals surface area contributed by atoms with Crippen LogP contribution in [0, 0.1) is 5.92 Å². The van der Waals surface area contributed by atoms with E-state index in [0.29, 0.717) is 25.5 Å². The Kier molecular flexibility index (Phi) is 3.74. The average molecular weight is 382 g/mol. The zero-order chi connectivity index (χ0) is 18.2. The summed E-state index contributed by atoms with van der Waals surface area (Å²) in [5, 5.41) is 13.1. The summed E-state index contributed by atoms with van der Waals surface area (Å²) in [6.45, 7) is 1.66. The van der Waals surface area contributed by atoms with Gasteiger partial charge in [-0.05, 0) is 0 Å². The second-order valence-electron chi connectivity index (χ2n) is 6.08. The standard InChI is InChI=1S/C15H14N10OS/c26-14(17-2-11-5-27-15-20-8-22-25(11)15)10-3-23(4-10)12-1-13(19-7-18-12)24-9-16-6-21-24/h1,5-10H,2-4H2,(H,17,26). The molecule has 0 aliphatic carbocycles. The third-order valence-electron chi connectivity index (χ3n) is 4.40. The molecule has 0 atom stereocenters. The van der Waals surface area contributed by atoms with Crippen molar-refractivity contribution in [2.75, 3.05) is 18.0 Å². The molecular weight excluding hydrogens is 368 g/mol. The molecule has 4 aromatic rings. The highest BCUT2D eigenvalue weighted by Gasteiger charge is 2.33. The Morgan fingerprint density at radius 1 is 1.15 bits per heavy atom. The number of carbonyl (C=O) groups is 1. The first-order valence-corrected chi connectivity index (χ1v) is 9.12. The number of nitrogens with one attached hydrogen (secondary N) is 1. The maximum atomic E-state index is 12.4. The number of rotatable bonds is 5. The second kappa shape index (κ2) is 6.39. The number of aromatic nitrogens is 8. The van der Waals surface area contributed by atoms with Gasteiger partial charge in [-0.15, -0.1) is 11.3 Å². The van der Waals surface area contributed by atoms with Crippen molar-refractivity contribution in [2.45, 2.75) is 6.54 Å². The molecule has 0 unspecified atom stereocenters. The van der Waals surface area contributed by atoms with Crippen LogP contribution in [-0.4, -0.2) is 58.3 Å². The number of carbonyl (C=O) groups excluding carboxylic acids is 1. The minimum absolute atomic E-state index is 0.0243. The Balaban J connectivity index is 1.19. The second-order valence-corrected chi connectivity index (χ2v) is 6.91. The first kappa shape index (κ1) is 15.8. The predicted octanol–water partition coefficient (Wildman–Crippen LogP) is -0.0859. The highest BCUT2D eigenvalue weighted by atomic mass is 32.1. The van der Waals surface area contributed by atoms with E-state index in [2.05, 4.69) is 35.5 Å². The summed E-state index contributed by atoms with van der Waals surface area (Å²) in [7, 11) is 0. The lowest BCUT2D eigenvalue weighted by Gasteiger charge is -2.39. The van der Waals surface area contributed by atoms with Crippen LogP contribution in [0.15, 0.2) is 36.8 Å². The van der Waals surface area contributed by atoms with Gasteiger partial charge in [0.1, 0.15) is 31.1 Å². The van der Waals surface area contributed by atoms with Crippen molar-refractivity contribution < 1.29 is 4.79 Å². The molecule has 0 radical (unpaired) electrons. The molecule has 11 nitrogen and oxygen atoms in total. The largest absolute Gasteiger partial charge is 0.355 e. The quantitative estimate of drug-likeness (QED) is 0.509. The first-order chi connectivity index (χ1) is 13.3. The molecule has 0 saturated carbocycles. The number of anilines is 1. The van der Waals surface area contributed by atoms with Gasteiger partial charge in [0.15, 0.2) is 5.82 Å². The maximum absolute atomic E-state index is 12.4. The molecule has 1 aliphatic heterocycles. The van der Waals surface area contributed by atoms with Crippen LogP contribution in [0.25, 0.3) is 10.8 Å². The molecule has 136 valence electrons. The van der Waals surface area contributed by atoms with E-state index in [1.54, 1.807) is 15.5 Å². The zero-order valence-electron chi connectivity index (χ0n) is 14.0. The zero-order valence-corrected chi connectivity index (χ0v) is 14.8. The molecule has 0 aromatic carbocycles. The summed E-state index contributed by atoms with van der Waals surface area (Å²) >= 11 is 1.50. The van der Waals surface area contributed by atoms with Gasteiger partial charge >= 0.3 is 0 Å². The fourth-order valence-corrected chi connectivity index (χ4v) is 3.71. The third-order valence-corrected chi connectivity index (χ3v) is 5.28. The molecule has 1 fully saturated rings. The maximum Gasteiger partial charge on any atom is 0.227 e. The van der Waals surface area contributed by atoms with E-state index >= 15 is 0 Å². The molecule has 1 aliphatic rings. The van der Waals surface area contributed by atoms with Crippen LogP contribution in [0.1, 0.15) is 5.69 Å². The van der Waals surface area contributed by atoms with E-state index in [-0.39, 0.29) is 11.8 Å². The van der Waals surface area contributed by atoms with Crippen molar-refractivity contribution >= 4 is 28.0 Å². The van der Waals surface area contributed by atoms with Crippen LogP contribution in [0.3, 0.4) is 0 Å². The minimum Gasteiger partial charge on any atom is -0.355 e. The van der Waals surface area contributed by atoms with Gasteiger partial charge in [0.2, 0.25) is 10.9 Å². The Bertz CT molecular complexity index is 1080. The number of fused-ring (bicyclic) bond motifs is 1. The fraction of sp³-hybridized carbons (Fsp3) is 0.267. The molecule has 1 amide bonds. The van der Waals surface area contributed by atoms with Crippen molar-refractivity contribution in [2.24, 2.45) is 5.92 Å². The van der Waals surface area contributed by atoms with Gasteiger partial charge in [-0.2, -0.15) is 10.2 Å². The Labute approximate surface area is 156 Å². The van der Waals surface area contributed by atoms with E-state index in [9.17, 15) is 4.79 Å². The molecule has 5 rings (SSSR count). The van der Waals surface area contributed by atoms with Gasteiger partial charge in [-0.1, -0.05) is 0 Å². The average Bonchev–Trinajstić information content (AvgIpc) is 3.37. The molecule has 0 spiro atoms. The van der Waals surface area contributed by atoms with E-state index in [1.807, 2.05) is 16.3 Å². The van der Waals surface area contributed by atoms with Crippen molar-refractivity contribution in [3.63, 3.8) is 0 Å². The van der Waals surface area contributed by atoms with Crippen LogP contribution in [0.4, 0.5) is 5.82 Å². The molecule has 5 heterocycles. The molecule has 4 aromatic heterocycles. The minimum atomic E-state index is -0.0698. The number of nitrogens with zero attached hydrogens (tertiary/aromatic N) is 9. The van der Waals surface area contributed by atoms with Crippen molar-refractivity contribution in [3.8, 4) is 5.82 Å². The Morgan fingerprint density at radius 3 is 2.89 bits per heavy atom. The summed E-state index contributed by atoms with van der Waals surface area (Å²) in [6, 6.07) is 1.83. The molecule has 12 heteroatoms. The molecule has 1 N–H and O–H groups in total. The normalized spacial score (nSPS) is 14.4. The van der Waals surface area contributed by atoms with E-state index in [4.69, 9.17) is 0 Å². The number of hydrogen-bond acceptors (Lipinski definition) is 9. The van der Waals surface area contributed by atoms with Crippen LogP contribution in [0.5, 0.6) is 0 Å². The number of amides is 1. The topological polar surface area (TPSA) is 119 Å². The highest BCUT2D eigenvalue weighted by molar-refractivity contribution is 7.15. The lowest BCUT2D eigenvalue weighted by atomic mass is 9.99. The van der Waals surface area contributed by atoms with Gasteiger partial charge in [0, 0.05) is 24.5 Å². The predicted molar refractivity (Wildman–Crippen MR) is 95.4 cm³/mol. The third kappa shape index (κ3) is 2.89.